The van der Waals surface area contributed by atoms with Crippen molar-refractivity contribution in [2.24, 2.45) is 0 Å². The van der Waals surface area contributed by atoms with Crippen LogP contribution in [-0.4, -0.2) is 35.8 Å². The van der Waals surface area contributed by atoms with E-state index < -0.39 is 12.1 Å². The Hall–Kier alpha value is -3.58. The number of ketones is 1. The highest BCUT2D eigenvalue weighted by molar-refractivity contribution is 8.15. The highest BCUT2D eigenvalue weighted by atomic mass is 32.2. The number of Topliss-reactive ketones (excluding diaryl/α,β-unsaturated/α-hetero) is 1. The Balaban J connectivity index is 1.44. The van der Waals surface area contributed by atoms with Crippen LogP contribution in [0.4, 0.5) is 0 Å². The molecule has 3 aromatic rings. The molecule has 34 heavy (non-hydrogen) atoms. The summed E-state index contributed by atoms with van der Waals surface area (Å²) in [4.78, 5) is 36.0. The number of thioether (sulfide) groups is 1. The maximum atomic E-state index is 12.7. The van der Waals surface area contributed by atoms with E-state index >= 15 is 0 Å². The summed E-state index contributed by atoms with van der Waals surface area (Å²) in [5, 5.41) is -0.377. The molecule has 0 aliphatic carbocycles. The Labute approximate surface area is 202 Å². The molecule has 1 saturated heterocycles. The highest BCUT2D eigenvalue weighted by Gasteiger charge is 2.31. The molecule has 6 nitrogen and oxygen atoms in total. The van der Waals surface area contributed by atoms with Crippen molar-refractivity contribution in [2.75, 3.05) is 13.7 Å². The SMILES string of the molecule is COc1cccc([C@H](COc2ccc(CC3SC(=O)CC3=O)cc2)OC(=O)c2ccccc2)c1. The summed E-state index contributed by atoms with van der Waals surface area (Å²) in [6.45, 7) is 0.108. The molecule has 174 valence electrons. The van der Waals surface area contributed by atoms with Crippen molar-refractivity contribution >= 4 is 28.6 Å². The van der Waals surface area contributed by atoms with Gasteiger partial charge < -0.3 is 14.2 Å². The van der Waals surface area contributed by atoms with Crippen LogP contribution in [0.15, 0.2) is 78.9 Å². The lowest BCUT2D eigenvalue weighted by molar-refractivity contribution is -0.121. The van der Waals surface area contributed by atoms with E-state index in [0.29, 0.717) is 23.5 Å². The predicted octanol–water partition coefficient (Wildman–Crippen LogP) is 4.82. The fourth-order valence-electron chi connectivity index (χ4n) is 3.60. The van der Waals surface area contributed by atoms with Crippen molar-refractivity contribution in [3.8, 4) is 11.5 Å². The largest absolute Gasteiger partial charge is 0.497 e. The second-order valence-electron chi connectivity index (χ2n) is 7.82. The van der Waals surface area contributed by atoms with E-state index in [0.717, 1.165) is 22.9 Å². The van der Waals surface area contributed by atoms with Crippen molar-refractivity contribution in [3.63, 3.8) is 0 Å². The monoisotopic (exact) mass is 476 g/mol. The third-order valence-corrected chi connectivity index (χ3v) is 6.54. The van der Waals surface area contributed by atoms with Crippen molar-refractivity contribution in [2.45, 2.75) is 24.2 Å². The minimum absolute atomic E-state index is 0.0170. The molecular formula is C27H24O6S. The first-order valence-electron chi connectivity index (χ1n) is 10.9. The topological polar surface area (TPSA) is 78.9 Å². The third kappa shape index (κ3) is 6.05. The average molecular weight is 477 g/mol. The van der Waals surface area contributed by atoms with Crippen LogP contribution in [0.3, 0.4) is 0 Å². The van der Waals surface area contributed by atoms with Gasteiger partial charge in [-0.2, -0.15) is 0 Å². The maximum absolute atomic E-state index is 12.7. The standard InChI is InChI=1S/C27H24O6S/c1-31-22-9-5-8-20(15-22)24(33-27(30)19-6-3-2-4-7-19)17-32-21-12-10-18(11-13-21)14-25-23(28)16-26(29)34-25/h2-13,15,24-25H,14,16-17H2,1H3/t24-,25?/m0/s1. The molecule has 1 aliphatic heterocycles. The van der Waals surface area contributed by atoms with Crippen LogP contribution in [0.2, 0.25) is 0 Å². The molecule has 7 heteroatoms. The lowest BCUT2D eigenvalue weighted by atomic mass is 10.1. The van der Waals surface area contributed by atoms with Gasteiger partial charge in [0.05, 0.1) is 24.3 Å². The summed E-state index contributed by atoms with van der Waals surface area (Å²) in [6, 6.07) is 23.5. The minimum Gasteiger partial charge on any atom is -0.497 e. The Kier molecular flexibility index (Phi) is 7.65. The van der Waals surface area contributed by atoms with Gasteiger partial charge in [-0.05, 0) is 53.9 Å². The number of benzene rings is 3. The lowest BCUT2D eigenvalue weighted by Crippen LogP contribution is -2.18. The first-order chi connectivity index (χ1) is 16.5. The van der Waals surface area contributed by atoms with Gasteiger partial charge in [0.15, 0.2) is 17.0 Å². The minimum atomic E-state index is -0.652. The average Bonchev–Trinajstić information content (AvgIpc) is 3.19. The summed E-state index contributed by atoms with van der Waals surface area (Å²) in [5.74, 6) is 0.798. The van der Waals surface area contributed by atoms with Crippen molar-refractivity contribution in [3.05, 3.63) is 95.6 Å². The molecule has 1 heterocycles. The van der Waals surface area contributed by atoms with Crippen molar-refractivity contribution in [1.82, 2.24) is 0 Å². The number of hydrogen-bond acceptors (Lipinski definition) is 7. The molecule has 0 bridgehead atoms. The van der Waals surface area contributed by atoms with Gasteiger partial charge in [-0.25, -0.2) is 4.79 Å². The van der Waals surface area contributed by atoms with E-state index in [1.807, 2.05) is 54.6 Å². The van der Waals surface area contributed by atoms with Crippen LogP contribution >= 0.6 is 11.8 Å². The van der Waals surface area contributed by atoms with E-state index in [2.05, 4.69) is 0 Å². The molecule has 0 spiro atoms. The number of rotatable bonds is 9. The van der Waals surface area contributed by atoms with Gasteiger partial charge in [0.25, 0.3) is 0 Å². The number of hydrogen-bond donors (Lipinski definition) is 0. The molecule has 0 saturated carbocycles. The normalized spacial score (nSPS) is 16.2. The summed E-state index contributed by atoms with van der Waals surface area (Å²) in [6.07, 6.45) is -0.124. The van der Waals surface area contributed by atoms with Crippen molar-refractivity contribution in [1.29, 1.82) is 0 Å². The molecular weight excluding hydrogens is 452 g/mol. The first kappa shape index (κ1) is 23.6. The lowest BCUT2D eigenvalue weighted by Gasteiger charge is -2.20. The van der Waals surface area contributed by atoms with Crippen LogP contribution in [0.5, 0.6) is 11.5 Å². The van der Waals surface area contributed by atoms with Gasteiger partial charge in [-0.15, -0.1) is 0 Å². The Morgan fingerprint density at radius 2 is 1.74 bits per heavy atom. The molecule has 2 atom stereocenters. The number of methoxy groups -OCH3 is 1. The quantitative estimate of drug-likeness (QED) is 0.324. The van der Waals surface area contributed by atoms with Crippen molar-refractivity contribution < 1.29 is 28.6 Å². The Bertz CT molecular complexity index is 1160. The molecule has 0 amide bonds. The number of carbonyl (C=O) groups excluding carboxylic acids is 3. The second-order valence-corrected chi connectivity index (χ2v) is 9.08. The molecule has 1 aliphatic rings. The molecule has 0 N–H and O–H groups in total. The van der Waals surface area contributed by atoms with Gasteiger partial charge in [-0.1, -0.05) is 54.2 Å². The number of carbonyl (C=O) groups is 3. The van der Waals surface area contributed by atoms with Gasteiger partial charge in [-0.3, -0.25) is 9.59 Å². The number of esters is 1. The van der Waals surface area contributed by atoms with E-state index in [-0.39, 0.29) is 29.2 Å². The summed E-state index contributed by atoms with van der Waals surface area (Å²) in [7, 11) is 1.58. The molecule has 1 fully saturated rings. The zero-order valence-corrected chi connectivity index (χ0v) is 19.5. The summed E-state index contributed by atoms with van der Waals surface area (Å²) >= 11 is 1.11. The first-order valence-corrected chi connectivity index (χ1v) is 11.7. The second kappa shape index (κ2) is 11.0. The van der Waals surface area contributed by atoms with Gasteiger partial charge in [0.1, 0.15) is 18.1 Å². The fourth-order valence-corrected chi connectivity index (χ4v) is 4.63. The van der Waals surface area contributed by atoms with E-state index in [9.17, 15) is 14.4 Å². The van der Waals surface area contributed by atoms with Crippen LogP contribution in [0.1, 0.15) is 34.0 Å². The zero-order valence-electron chi connectivity index (χ0n) is 18.6. The molecule has 3 aromatic carbocycles. The van der Waals surface area contributed by atoms with Crippen LogP contribution in [0, 0.1) is 0 Å². The van der Waals surface area contributed by atoms with Crippen LogP contribution < -0.4 is 9.47 Å². The third-order valence-electron chi connectivity index (χ3n) is 5.42. The van der Waals surface area contributed by atoms with Gasteiger partial charge in [0.2, 0.25) is 0 Å². The Morgan fingerprint density at radius 1 is 0.971 bits per heavy atom. The fraction of sp³-hybridized carbons (Fsp3) is 0.222. The molecule has 0 aromatic heterocycles. The van der Waals surface area contributed by atoms with Crippen LogP contribution in [0.25, 0.3) is 0 Å². The van der Waals surface area contributed by atoms with Gasteiger partial charge >= 0.3 is 5.97 Å². The van der Waals surface area contributed by atoms with E-state index in [1.165, 1.54) is 0 Å². The highest BCUT2D eigenvalue weighted by Crippen LogP contribution is 2.29. The number of ether oxygens (including phenoxy) is 3. The van der Waals surface area contributed by atoms with E-state index in [1.54, 1.807) is 31.4 Å². The maximum Gasteiger partial charge on any atom is 0.338 e. The predicted molar refractivity (Wildman–Crippen MR) is 129 cm³/mol. The van der Waals surface area contributed by atoms with Gasteiger partial charge in [0, 0.05) is 0 Å². The molecule has 0 radical (unpaired) electrons. The zero-order chi connectivity index (χ0) is 23.9. The molecule has 1 unspecified atom stereocenters. The summed E-state index contributed by atoms with van der Waals surface area (Å²) in [5.41, 5.74) is 2.16. The van der Waals surface area contributed by atoms with E-state index in [4.69, 9.17) is 14.2 Å². The summed E-state index contributed by atoms with van der Waals surface area (Å²) < 4.78 is 17.0. The Morgan fingerprint density at radius 3 is 2.41 bits per heavy atom. The smallest absolute Gasteiger partial charge is 0.338 e. The van der Waals surface area contributed by atoms with Crippen LogP contribution in [-0.2, 0) is 20.7 Å². The molecule has 4 rings (SSSR count).